The second-order valence-corrected chi connectivity index (χ2v) is 11.2. The van der Waals surface area contributed by atoms with Crippen LogP contribution in [-0.4, -0.2) is 63.3 Å². The highest BCUT2D eigenvalue weighted by Crippen LogP contribution is 2.37. The van der Waals surface area contributed by atoms with Crippen LogP contribution < -0.4 is 25.6 Å². The van der Waals surface area contributed by atoms with E-state index in [4.69, 9.17) is 9.47 Å². The summed E-state index contributed by atoms with van der Waals surface area (Å²) in [7, 11) is 1.64. The highest BCUT2D eigenvalue weighted by Gasteiger charge is 2.51. The topological polar surface area (TPSA) is 91.9 Å². The molecule has 2 fully saturated rings. The van der Waals surface area contributed by atoms with E-state index in [9.17, 15) is 22.8 Å². The van der Waals surface area contributed by atoms with E-state index in [0.717, 1.165) is 55.1 Å². The Morgan fingerprint density at radius 1 is 1.00 bits per heavy atom. The number of methoxy groups -OCH3 is 1. The minimum absolute atomic E-state index is 0.0795. The normalized spacial score (nSPS) is 20.7. The summed E-state index contributed by atoms with van der Waals surface area (Å²) in [5.41, 5.74) is 0.284. The Kier molecular flexibility index (Phi) is 9.75. The van der Waals surface area contributed by atoms with Crippen LogP contribution in [0.15, 0.2) is 78.9 Å². The molecule has 2 amide bonds. The van der Waals surface area contributed by atoms with Gasteiger partial charge in [-0.25, -0.2) is 0 Å². The number of carbonyl (C=O) groups excluding carboxylic acids is 2. The average Bonchev–Trinajstić information content (AvgIpc) is 3.45. The van der Waals surface area contributed by atoms with Crippen LogP contribution in [0, 0.1) is 5.92 Å². The first-order valence-electron chi connectivity index (χ1n) is 14.7. The minimum Gasteiger partial charge on any atom is -0.497 e. The zero-order valence-electron chi connectivity index (χ0n) is 24.5. The standard InChI is InChI=1S/C33H37F3N4O4/c1-43-28-12-10-27(11-13-28)40-16-14-25(15-17-40)32(22-37-19-29(32)44-21-23-6-3-2-4-7-23)39-30(41)20-38-31(42)24-8-5-9-26(18-24)33(34,35)36/h2-13,18,25,29,37H,14-17,19-22H2,1H3,(H,38,42)(H,39,41)/t29-,32+/m1/s1. The van der Waals surface area contributed by atoms with Gasteiger partial charge in [-0.1, -0.05) is 36.4 Å². The third-order valence-corrected chi connectivity index (χ3v) is 8.51. The molecule has 0 radical (unpaired) electrons. The summed E-state index contributed by atoms with van der Waals surface area (Å²) in [4.78, 5) is 28.3. The van der Waals surface area contributed by atoms with E-state index in [1.807, 2.05) is 54.6 Å². The van der Waals surface area contributed by atoms with Gasteiger partial charge in [0.2, 0.25) is 5.91 Å². The number of hydrogen-bond acceptors (Lipinski definition) is 6. The lowest BCUT2D eigenvalue weighted by Gasteiger charge is -2.46. The van der Waals surface area contributed by atoms with Crippen LogP contribution in [0.2, 0.25) is 0 Å². The predicted molar refractivity (Wildman–Crippen MR) is 160 cm³/mol. The number of amides is 2. The van der Waals surface area contributed by atoms with Crippen molar-refractivity contribution in [1.82, 2.24) is 16.0 Å². The van der Waals surface area contributed by atoms with Crippen LogP contribution in [0.25, 0.3) is 0 Å². The molecule has 11 heteroatoms. The third-order valence-electron chi connectivity index (χ3n) is 8.51. The number of hydrogen-bond donors (Lipinski definition) is 3. The van der Waals surface area contributed by atoms with Gasteiger partial charge >= 0.3 is 6.18 Å². The maximum atomic E-state index is 13.4. The number of alkyl halides is 3. The number of carbonyl (C=O) groups is 2. The Bertz CT molecular complexity index is 1410. The molecule has 2 heterocycles. The number of rotatable bonds is 10. The second kappa shape index (κ2) is 13.7. The number of benzene rings is 3. The minimum atomic E-state index is -4.58. The Morgan fingerprint density at radius 2 is 1.73 bits per heavy atom. The number of piperidine rings is 1. The van der Waals surface area contributed by atoms with E-state index in [-0.39, 0.29) is 24.1 Å². The first-order valence-corrected chi connectivity index (χ1v) is 14.7. The molecule has 2 saturated heterocycles. The van der Waals surface area contributed by atoms with Gasteiger partial charge in [0.15, 0.2) is 0 Å². The SMILES string of the molecule is COc1ccc(N2CCC([C@@]3(NC(=O)CNC(=O)c4cccc(C(F)(F)F)c4)CNC[C@H]3OCc3ccccc3)CC2)cc1. The smallest absolute Gasteiger partial charge is 0.416 e. The summed E-state index contributed by atoms with van der Waals surface area (Å²) in [6, 6.07) is 21.9. The molecular formula is C33H37F3N4O4. The molecule has 0 aromatic heterocycles. The van der Waals surface area contributed by atoms with Crippen molar-refractivity contribution in [2.75, 3.05) is 44.7 Å². The molecule has 0 bridgehead atoms. The average molecular weight is 611 g/mol. The summed E-state index contributed by atoms with van der Waals surface area (Å²) in [5, 5.41) is 9.10. The molecule has 5 rings (SSSR count). The number of nitrogens with zero attached hydrogens (tertiary/aromatic N) is 1. The third kappa shape index (κ3) is 7.34. The predicted octanol–water partition coefficient (Wildman–Crippen LogP) is 4.40. The molecule has 2 aliphatic heterocycles. The van der Waals surface area contributed by atoms with Crippen molar-refractivity contribution in [2.24, 2.45) is 5.92 Å². The first-order chi connectivity index (χ1) is 21.2. The number of halogens is 3. The quantitative estimate of drug-likeness (QED) is 0.315. The number of nitrogens with one attached hydrogen (secondary N) is 3. The maximum Gasteiger partial charge on any atom is 0.416 e. The molecular weight excluding hydrogens is 573 g/mol. The van der Waals surface area contributed by atoms with Crippen molar-refractivity contribution >= 4 is 17.5 Å². The summed E-state index contributed by atoms with van der Waals surface area (Å²) >= 11 is 0. The number of anilines is 1. The lowest BCUT2D eigenvalue weighted by atomic mass is 9.75. The zero-order valence-corrected chi connectivity index (χ0v) is 24.5. The van der Waals surface area contributed by atoms with Crippen molar-refractivity contribution < 1.29 is 32.2 Å². The molecule has 44 heavy (non-hydrogen) atoms. The molecule has 0 aliphatic carbocycles. The molecule has 0 spiro atoms. The van der Waals surface area contributed by atoms with Crippen molar-refractivity contribution in [3.63, 3.8) is 0 Å². The molecule has 8 nitrogen and oxygen atoms in total. The second-order valence-electron chi connectivity index (χ2n) is 11.2. The van der Waals surface area contributed by atoms with Gasteiger partial charge in [-0.15, -0.1) is 0 Å². The Morgan fingerprint density at radius 3 is 2.41 bits per heavy atom. The van der Waals surface area contributed by atoms with Crippen LogP contribution in [-0.2, 0) is 22.3 Å². The zero-order chi connectivity index (χ0) is 31.2. The Hall–Kier alpha value is -4.09. The van der Waals surface area contributed by atoms with Crippen LogP contribution in [0.4, 0.5) is 18.9 Å². The molecule has 2 aliphatic rings. The van der Waals surface area contributed by atoms with Crippen LogP contribution in [0.1, 0.15) is 34.3 Å². The van der Waals surface area contributed by atoms with Crippen molar-refractivity contribution in [2.45, 2.75) is 37.3 Å². The van der Waals surface area contributed by atoms with Gasteiger partial charge in [0.05, 0.1) is 37.5 Å². The molecule has 3 aromatic rings. The van der Waals surface area contributed by atoms with Gasteiger partial charge in [0.25, 0.3) is 5.91 Å². The summed E-state index contributed by atoms with van der Waals surface area (Å²) in [6.07, 6.45) is -3.30. The molecule has 234 valence electrons. The summed E-state index contributed by atoms with van der Waals surface area (Å²) in [5.74, 6) is -0.314. The highest BCUT2D eigenvalue weighted by atomic mass is 19.4. The van der Waals surface area contributed by atoms with Gasteiger partial charge in [0.1, 0.15) is 5.75 Å². The fourth-order valence-electron chi connectivity index (χ4n) is 6.17. The highest BCUT2D eigenvalue weighted by molar-refractivity contribution is 5.96. The Balaban J connectivity index is 1.28. The van der Waals surface area contributed by atoms with Gasteiger partial charge < -0.3 is 30.3 Å². The van der Waals surface area contributed by atoms with Crippen LogP contribution >= 0.6 is 0 Å². The van der Waals surface area contributed by atoms with E-state index < -0.39 is 29.1 Å². The van der Waals surface area contributed by atoms with Gasteiger partial charge in [-0.05, 0) is 66.8 Å². The molecule has 3 aromatic carbocycles. The molecule has 2 atom stereocenters. The van der Waals surface area contributed by atoms with E-state index in [2.05, 4.69) is 20.9 Å². The fraction of sp³-hybridized carbons (Fsp3) is 0.394. The lowest BCUT2D eigenvalue weighted by Crippen LogP contribution is -2.64. The fourth-order valence-corrected chi connectivity index (χ4v) is 6.17. The van der Waals surface area contributed by atoms with Gasteiger partial charge in [-0.2, -0.15) is 13.2 Å². The summed E-state index contributed by atoms with van der Waals surface area (Å²) < 4.78 is 51.1. The van der Waals surface area contributed by atoms with Crippen molar-refractivity contribution in [1.29, 1.82) is 0 Å². The van der Waals surface area contributed by atoms with E-state index in [1.165, 1.54) is 12.1 Å². The van der Waals surface area contributed by atoms with Crippen LogP contribution in [0.3, 0.4) is 0 Å². The van der Waals surface area contributed by atoms with E-state index >= 15 is 0 Å². The lowest BCUT2D eigenvalue weighted by molar-refractivity contribution is -0.137. The van der Waals surface area contributed by atoms with E-state index in [1.54, 1.807) is 7.11 Å². The first kappa shape index (κ1) is 31.3. The maximum absolute atomic E-state index is 13.4. The van der Waals surface area contributed by atoms with Crippen LogP contribution in [0.5, 0.6) is 5.75 Å². The monoisotopic (exact) mass is 610 g/mol. The van der Waals surface area contributed by atoms with Crippen molar-refractivity contribution in [3.05, 3.63) is 95.6 Å². The van der Waals surface area contributed by atoms with Gasteiger partial charge in [0, 0.05) is 37.4 Å². The van der Waals surface area contributed by atoms with Crippen molar-refractivity contribution in [3.8, 4) is 5.75 Å². The molecule has 3 N–H and O–H groups in total. The Labute approximate surface area is 254 Å². The molecule has 0 saturated carbocycles. The van der Waals surface area contributed by atoms with E-state index in [0.29, 0.717) is 19.7 Å². The summed E-state index contributed by atoms with van der Waals surface area (Å²) in [6.45, 7) is 2.60. The molecule has 0 unspecified atom stereocenters. The largest absolute Gasteiger partial charge is 0.497 e. The van der Waals surface area contributed by atoms with Gasteiger partial charge in [-0.3, -0.25) is 9.59 Å². The number of ether oxygens (including phenoxy) is 2.